The van der Waals surface area contributed by atoms with Crippen LogP contribution in [0.1, 0.15) is 12.5 Å². The molecule has 0 atom stereocenters. The lowest BCUT2D eigenvalue weighted by Crippen LogP contribution is -2.18. The van der Waals surface area contributed by atoms with E-state index < -0.39 is 6.09 Å². The van der Waals surface area contributed by atoms with Crippen LogP contribution in [0.3, 0.4) is 0 Å². The largest absolute Gasteiger partial charge is 0.449 e. The molecule has 4 nitrogen and oxygen atoms in total. The topological polar surface area (TPSA) is 50.7 Å². The van der Waals surface area contributed by atoms with E-state index in [4.69, 9.17) is 0 Å². The van der Waals surface area contributed by atoms with Gasteiger partial charge in [0.25, 0.3) is 0 Å². The monoisotopic (exact) mass is 218 g/mol. The Morgan fingerprint density at radius 3 is 2.88 bits per heavy atom. The van der Waals surface area contributed by atoms with E-state index in [-0.39, 0.29) is 0 Å². The first kappa shape index (κ1) is 12.0. The quantitative estimate of drug-likeness (QED) is 0.623. The first-order valence-corrected chi connectivity index (χ1v) is 5.00. The number of hydrogen-bond donors (Lipinski definition) is 1. The molecule has 0 saturated heterocycles. The van der Waals surface area contributed by atoms with Gasteiger partial charge in [0.1, 0.15) is 0 Å². The van der Waals surface area contributed by atoms with E-state index in [2.05, 4.69) is 15.3 Å². The Kier molecular flexibility index (Phi) is 5.41. The number of nitrogens with zero attached hydrogens (tertiary/aromatic N) is 1. The third-order valence-corrected chi connectivity index (χ3v) is 1.68. The van der Waals surface area contributed by atoms with Crippen LogP contribution in [-0.2, 0) is 4.74 Å². The van der Waals surface area contributed by atoms with Gasteiger partial charge in [-0.15, -0.1) is 0 Å². The summed E-state index contributed by atoms with van der Waals surface area (Å²) in [4.78, 5) is 10.8. The molecular weight excluding hydrogens is 204 g/mol. The van der Waals surface area contributed by atoms with Crippen molar-refractivity contribution in [1.82, 2.24) is 5.43 Å². The fourth-order valence-electron chi connectivity index (χ4n) is 1.01. The lowest BCUT2D eigenvalue weighted by atomic mass is 10.2. The van der Waals surface area contributed by atoms with Gasteiger partial charge in [0, 0.05) is 6.21 Å². The minimum Gasteiger partial charge on any atom is -0.449 e. The number of hydrazone groups is 1. The summed E-state index contributed by atoms with van der Waals surface area (Å²) in [7, 11) is 0. The van der Waals surface area contributed by atoms with Crippen LogP contribution in [0.2, 0.25) is 0 Å². The van der Waals surface area contributed by atoms with Crippen LogP contribution in [0.25, 0.3) is 6.08 Å². The van der Waals surface area contributed by atoms with Crippen LogP contribution in [-0.4, -0.2) is 18.9 Å². The predicted molar refractivity (Wildman–Crippen MR) is 64.1 cm³/mol. The van der Waals surface area contributed by atoms with Crippen molar-refractivity contribution in [2.45, 2.75) is 6.92 Å². The van der Waals surface area contributed by atoms with Gasteiger partial charge in [0.15, 0.2) is 0 Å². The highest BCUT2D eigenvalue weighted by Gasteiger charge is 1.93. The first-order valence-electron chi connectivity index (χ1n) is 5.00. The van der Waals surface area contributed by atoms with Gasteiger partial charge >= 0.3 is 6.09 Å². The Morgan fingerprint density at radius 2 is 2.19 bits per heavy atom. The van der Waals surface area contributed by atoms with E-state index in [1.54, 1.807) is 13.0 Å². The maximum atomic E-state index is 10.8. The molecule has 16 heavy (non-hydrogen) atoms. The van der Waals surface area contributed by atoms with Crippen molar-refractivity contribution < 1.29 is 9.53 Å². The number of allylic oxidation sites excluding steroid dienone is 1. The summed E-state index contributed by atoms with van der Waals surface area (Å²) in [6.07, 6.45) is 4.56. The molecule has 4 heteroatoms. The number of nitrogens with one attached hydrogen (secondary N) is 1. The third-order valence-electron chi connectivity index (χ3n) is 1.68. The number of hydrogen-bond acceptors (Lipinski definition) is 3. The molecule has 1 aromatic rings. The SMILES string of the molecule is CCOC(=O)N/N=C/C=C/c1ccccc1. The smallest absolute Gasteiger partial charge is 0.427 e. The first-order chi connectivity index (χ1) is 7.83. The molecule has 0 aliphatic carbocycles. The highest BCUT2D eigenvalue weighted by atomic mass is 16.5. The molecule has 0 saturated carbocycles. The van der Waals surface area contributed by atoms with Crippen molar-refractivity contribution in [3.8, 4) is 0 Å². The second kappa shape index (κ2) is 7.23. The maximum Gasteiger partial charge on any atom is 0.427 e. The van der Waals surface area contributed by atoms with Crippen molar-refractivity contribution in [3.63, 3.8) is 0 Å². The molecule has 1 aromatic carbocycles. The highest BCUT2D eigenvalue weighted by Crippen LogP contribution is 1.99. The normalized spacial score (nSPS) is 10.8. The maximum absolute atomic E-state index is 10.8. The zero-order valence-corrected chi connectivity index (χ0v) is 9.09. The molecule has 0 aliphatic heterocycles. The summed E-state index contributed by atoms with van der Waals surface area (Å²) >= 11 is 0. The van der Waals surface area contributed by atoms with Crippen LogP contribution < -0.4 is 5.43 Å². The molecule has 0 fully saturated rings. The number of rotatable bonds is 4. The molecule has 0 radical (unpaired) electrons. The van der Waals surface area contributed by atoms with E-state index >= 15 is 0 Å². The van der Waals surface area contributed by atoms with Crippen LogP contribution >= 0.6 is 0 Å². The summed E-state index contributed by atoms with van der Waals surface area (Å²) in [6.45, 7) is 2.07. The molecule has 0 aromatic heterocycles. The minimum atomic E-state index is -0.549. The Labute approximate surface area is 94.6 Å². The predicted octanol–water partition coefficient (Wildman–Crippen LogP) is 2.43. The summed E-state index contributed by atoms with van der Waals surface area (Å²) in [6, 6.07) is 9.81. The standard InChI is InChI=1S/C12H14N2O2/c1-2-16-12(15)14-13-10-6-9-11-7-4-3-5-8-11/h3-10H,2H2,1H3,(H,14,15)/b9-6+,13-10+. The van der Waals surface area contributed by atoms with Gasteiger partial charge in [-0.25, -0.2) is 10.2 Å². The molecule has 0 bridgehead atoms. The molecule has 0 spiro atoms. The van der Waals surface area contributed by atoms with Gasteiger partial charge < -0.3 is 4.74 Å². The molecule has 1 rings (SSSR count). The van der Waals surface area contributed by atoms with Crippen molar-refractivity contribution in [3.05, 3.63) is 42.0 Å². The molecule has 1 amide bonds. The van der Waals surface area contributed by atoms with Crippen molar-refractivity contribution in [2.75, 3.05) is 6.61 Å². The van der Waals surface area contributed by atoms with E-state index in [0.717, 1.165) is 5.56 Å². The second-order valence-electron chi connectivity index (χ2n) is 2.88. The lowest BCUT2D eigenvalue weighted by Gasteiger charge is -1.97. The Balaban J connectivity index is 2.32. The van der Waals surface area contributed by atoms with Crippen LogP contribution in [0.15, 0.2) is 41.5 Å². The fraction of sp³-hybridized carbons (Fsp3) is 0.167. The summed E-state index contributed by atoms with van der Waals surface area (Å²) in [5.74, 6) is 0. The summed E-state index contributed by atoms with van der Waals surface area (Å²) < 4.78 is 4.62. The summed E-state index contributed by atoms with van der Waals surface area (Å²) in [5, 5.41) is 3.67. The number of ether oxygens (including phenoxy) is 1. The highest BCUT2D eigenvalue weighted by molar-refractivity contribution is 5.79. The van der Waals surface area contributed by atoms with E-state index in [1.807, 2.05) is 36.4 Å². The Hall–Kier alpha value is -2.10. The fourth-order valence-corrected chi connectivity index (χ4v) is 1.01. The number of carbonyl (C=O) groups excluding carboxylic acids is 1. The average molecular weight is 218 g/mol. The Morgan fingerprint density at radius 1 is 1.44 bits per heavy atom. The van der Waals surface area contributed by atoms with Gasteiger partial charge in [0.05, 0.1) is 6.61 Å². The van der Waals surface area contributed by atoms with Gasteiger partial charge in [-0.3, -0.25) is 0 Å². The molecule has 0 heterocycles. The van der Waals surface area contributed by atoms with Crippen molar-refractivity contribution >= 4 is 18.4 Å². The van der Waals surface area contributed by atoms with Crippen molar-refractivity contribution in [2.24, 2.45) is 5.10 Å². The van der Waals surface area contributed by atoms with Gasteiger partial charge in [-0.05, 0) is 18.6 Å². The molecule has 1 N–H and O–H groups in total. The van der Waals surface area contributed by atoms with E-state index in [1.165, 1.54) is 6.21 Å². The second-order valence-corrected chi connectivity index (χ2v) is 2.88. The van der Waals surface area contributed by atoms with Gasteiger partial charge in [-0.1, -0.05) is 36.4 Å². The van der Waals surface area contributed by atoms with Crippen molar-refractivity contribution in [1.29, 1.82) is 0 Å². The van der Waals surface area contributed by atoms with Gasteiger partial charge in [-0.2, -0.15) is 5.10 Å². The number of amides is 1. The van der Waals surface area contributed by atoms with Crippen LogP contribution in [0.5, 0.6) is 0 Å². The van der Waals surface area contributed by atoms with E-state index in [0.29, 0.717) is 6.61 Å². The average Bonchev–Trinajstić information content (AvgIpc) is 2.30. The van der Waals surface area contributed by atoms with E-state index in [9.17, 15) is 4.79 Å². The third kappa shape index (κ3) is 4.95. The lowest BCUT2D eigenvalue weighted by molar-refractivity contribution is 0.152. The van der Waals surface area contributed by atoms with Crippen LogP contribution in [0, 0.1) is 0 Å². The van der Waals surface area contributed by atoms with Gasteiger partial charge in [0.2, 0.25) is 0 Å². The number of benzene rings is 1. The number of carbonyl (C=O) groups is 1. The zero-order chi connectivity index (χ0) is 11.6. The zero-order valence-electron chi connectivity index (χ0n) is 9.09. The minimum absolute atomic E-state index is 0.335. The molecule has 0 aliphatic rings. The summed E-state index contributed by atoms with van der Waals surface area (Å²) in [5.41, 5.74) is 3.30. The molecule has 0 unspecified atom stereocenters. The Bertz CT molecular complexity index is 372. The molecular formula is C12H14N2O2. The van der Waals surface area contributed by atoms with Crippen LogP contribution in [0.4, 0.5) is 4.79 Å². The molecule has 84 valence electrons.